The number of methoxy groups -OCH3 is 1. The average molecular weight is 484 g/mol. The van der Waals surface area contributed by atoms with Crippen LogP contribution in [0.5, 0.6) is 5.75 Å². The van der Waals surface area contributed by atoms with Crippen LogP contribution in [0.1, 0.15) is 22.5 Å². The minimum absolute atomic E-state index is 0.120. The number of thioether (sulfide) groups is 1. The highest BCUT2D eigenvalue weighted by atomic mass is 32.2. The van der Waals surface area contributed by atoms with Crippen molar-refractivity contribution in [2.45, 2.75) is 19.0 Å². The van der Waals surface area contributed by atoms with E-state index < -0.39 is 16.9 Å². The lowest BCUT2D eigenvalue weighted by Gasteiger charge is -2.18. The van der Waals surface area contributed by atoms with Gasteiger partial charge in [0.25, 0.3) is 11.6 Å². The maximum atomic E-state index is 12.8. The highest BCUT2D eigenvalue weighted by Gasteiger charge is 2.22. The lowest BCUT2D eigenvalue weighted by Crippen LogP contribution is -2.46. The van der Waals surface area contributed by atoms with Crippen LogP contribution in [0.4, 0.5) is 5.69 Å². The van der Waals surface area contributed by atoms with Crippen LogP contribution in [0.2, 0.25) is 0 Å². The molecule has 0 spiro atoms. The van der Waals surface area contributed by atoms with Crippen molar-refractivity contribution in [2.24, 2.45) is 0 Å². The Balaban J connectivity index is 1.63. The molecular formula is C23H25N5O5S. The zero-order chi connectivity index (χ0) is 24.5. The van der Waals surface area contributed by atoms with Crippen LogP contribution in [0.25, 0.3) is 5.69 Å². The number of nitrogens with zero attached hydrogens (tertiary/aromatic N) is 3. The zero-order valence-corrected chi connectivity index (χ0v) is 19.6. The third-order valence-corrected chi connectivity index (χ3v) is 5.62. The number of amides is 2. The van der Waals surface area contributed by atoms with Crippen molar-refractivity contribution in [1.82, 2.24) is 20.4 Å². The summed E-state index contributed by atoms with van der Waals surface area (Å²) in [5.74, 6) is 0.492. The molecule has 2 aromatic carbocycles. The van der Waals surface area contributed by atoms with Crippen molar-refractivity contribution >= 4 is 29.3 Å². The quantitative estimate of drug-likeness (QED) is 0.317. The number of ether oxygens (including phenoxy) is 1. The number of aromatic nitrogens is 2. The van der Waals surface area contributed by atoms with Gasteiger partial charge in [0, 0.05) is 23.9 Å². The summed E-state index contributed by atoms with van der Waals surface area (Å²) in [5, 5.41) is 21.0. The Morgan fingerprint density at radius 3 is 2.65 bits per heavy atom. The summed E-state index contributed by atoms with van der Waals surface area (Å²) in [5.41, 5.74) is 1.43. The van der Waals surface area contributed by atoms with E-state index in [1.54, 1.807) is 35.8 Å². The van der Waals surface area contributed by atoms with Crippen LogP contribution in [0.3, 0.4) is 0 Å². The Labute approximate surface area is 200 Å². The van der Waals surface area contributed by atoms with E-state index in [0.717, 1.165) is 11.4 Å². The molecule has 2 N–H and O–H groups in total. The first-order valence-corrected chi connectivity index (χ1v) is 11.8. The molecule has 3 rings (SSSR count). The van der Waals surface area contributed by atoms with E-state index in [2.05, 4.69) is 15.7 Å². The first kappa shape index (κ1) is 24.8. The number of rotatable bonds is 11. The first-order valence-electron chi connectivity index (χ1n) is 10.4. The van der Waals surface area contributed by atoms with Crippen molar-refractivity contribution in [3.8, 4) is 11.4 Å². The van der Waals surface area contributed by atoms with E-state index in [0.29, 0.717) is 17.9 Å². The van der Waals surface area contributed by atoms with Crippen molar-refractivity contribution in [3.63, 3.8) is 0 Å². The summed E-state index contributed by atoms with van der Waals surface area (Å²) in [4.78, 5) is 35.9. The molecule has 11 heteroatoms. The molecule has 0 saturated heterocycles. The molecule has 0 radical (unpaired) electrons. The lowest BCUT2D eigenvalue weighted by molar-refractivity contribution is -0.384. The average Bonchev–Trinajstić information content (AvgIpc) is 3.34. The van der Waals surface area contributed by atoms with Gasteiger partial charge in [0.2, 0.25) is 5.91 Å². The summed E-state index contributed by atoms with van der Waals surface area (Å²) < 4.78 is 6.85. The molecule has 0 saturated carbocycles. The SMILES string of the molecule is COc1ccc(-n2ccc(CNC(=O)C(CCSC)NC(=O)c3cccc([N+](=O)[O-])c3)n2)cc1. The standard InChI is InChI=1S/C23H25N5O5S/c1-33-20-8-6-18(7-9-20)27-12-10-17(26-27)15-24-23(30)21(11-13-34-2)25-22(29)16-4-3-5-19(14-16)28(31)32/h3-10,12,14,21H,11,13,15H2,1-2H3,(H,24,30)(H,25,29). The number of hydrogen-bond acceptors (Lipinski definition) is 7. The first-order chi connectivity index (χ1) is 16.4. The van der Waals surface area contributed by atoms with Crippen LogP contribution < -0.4 is 15.4 Å². The highest BCUT2D eigenvalue weighted by Crippen LogP contribution is 2.15. The number of nitro benzene ring substituents is 1. The molecule has 1 atom stereocenters. The van der Waals surface area contributed by atoms with Gasteiger partial charge < -0.3 is 15.4 Å². The second-order valence-electron chi connectivity index (χ2n) is 7.28. The molecule has 10 nitrogen and oxygen atoms in total. The number of benzene rings is 2. The molecule has 0 aliphatic carbocycles. The molecule has 0 aliphatic heterocycles. The Hall–Kier alpha value is -3.86. The Kier molecular flexibility index (Phi) is 8.63. The number of non-ortho nitro benzene ring substituents is 1. The number of nitro groups is 1. The predicted molar refractivity (Wildman–Crippen MR) is 129 cm³/mol. The topological polar surface area (TPSA) is 128 Å². The van der Waals surface area contributed by atoms with Gasteiger partial charge in [0.15, 0.2) is 0 Å². The lowest BCUT2D eigenvalue weighted by atomic mass is 10.1. The summed E-state index contributed by atoms with van der Waals surface area (Å²) in [7, 11) is 1.60. The van der Waals surface area contributed by atoms with Gasteiger partial charge in [-0.25, -0.2) is 4.68 Å². The summed E-state index contributed by atoms with van der Waals surface area (Å²) in [6.07, 6.45) is 4.11. The van der Waals surface area contributed by atoms with Gasteiger partial charge >= 0.3 is 0 Å². The van der Waals surface area contributed by atoms with E-state index >= 15 is 0 Å². The molecule has 178 valence electrons. The van der Waals surface area contributed by atoms with E-state index in [1.807, 2.05) is 30.5 Å². The molecule has 3 aromatic rings. The van der Waals surface area contributed by atoms with E-state index in [9.17, 15) is 19.7 Å². The van der Waals surface area contributed by atoms with Gasteiger partial charge in [-0.05, 0) is 54.8 Å². The second kappa shape index (κ2) is 11.8. The van der Waals surface area contributed by atoms with Gasteiger partial charge in [0.1, 0.15) is 11.8 Å². The number of carbonyl (C=O) groups is 2. The van der Waals surface area contributed by atoms with Crippen LogP contribution >= 0.6 is 11.8 Å². The van der Waals surface area contributed by atoms with E-state index in [4.69, 9.17) is 4.74 Å². The largest absolute Gasteiger partial charge is 0.497 e. The van der Waals surface area contributed by atoms with Crippen molar-refractivity contribution < 1.29 is 19.2 Å². The third-order valence-electron chi connectivity index (χ3n) is 4.98. The minimum atomic E-state index is -0.789. The fraction of sp³-hybridized carbons (Fsp3) is 0.261. The summed E-state index contributed by atoms with van der Waals surface area (Å²) >= 11 is 1.55. The van der Waals surface area contributed by atoms with E-state index in [-0.39, 0.29) is 23.7 Å². The van der Waals surface area contributed by atoms with Gasteiger partial charge in [-0.2, -0.15) is 16.9 Å². The van der Waals surface area contributed by atoms with Crippen molar-refractivity contribution in [3.05, 3.63) is 82.2 Å². The van der Waals surface area contributed by atoms with Crippen molar-refractivity contribution in [2.75, 3.05) is 19.1 Å². The molecule has 1 heterocycles. The second-order valence-corrected chi connectivity index (χ2v) is 8.27. The fourth-order valence-corrected chi connectivity index (χ4v) is 3.61. The molecule has 1 aromatic heterocycles. The highest BCUT2D eigenvalue weighted by molar-refractivity contribution is 7.98. The number of nitrogens with one attached hydrogen (secondary N) is 2. The van der Waals surface area contributed by atoms with Crippen LogP contribution in [-0.4, -0.2) is 51.7 Å². The molecule has 1 unspecified atom stereocenters. The van der Waals surface area contributed by atoms with Crippen LogP contribution in [-0.2, 0) is 11.3 Å². The van der Waals surface area contributed by atoms with E-state index in [1.165, 1.54) is 24.3 Å². The molecule has 2 amide bonds. The number of hydrogen-bond donors (Lipinski definition) is 2. The fourth-order valence-electron chi connectivity index (χ4n) is 3.14. The van der Waals surface area contributed by atoms with Gasteiger partial charge in [-0.1, -0.05) is 6.07 Å². The summed E-state index contributed by atoms with van der Waals surface area (Å²) in [6.45, 7) is 0.185. The van der Waals surface area contributed by atoms with Crippen molar-refractivity contribution in [1.29, 1.82) is 0 Å². The summed E-state index contributed by atoms with van der Waals surface area (Å²) in [6, 6.07) is 13.8. The van der Waals surface area contributed by atoms with Gasteiger partial charge in [0.05, 0.1) is 30.0 Å². The van der Waals surface area contributed by atoms with Gasteiger partial charge in [-0.3, -0.25) is 19.7 Å². The Morgan fingerprint density at radius 1 is 1.21 bits per heavy atom. The zero-order valence-electron chi connectivity index (χ0n) is 18.8. The molecule has 0 fully saturated rings. The maximum absolute atomic E-state index is 12.8. The molecule has 0 aliphatic rings. The normalized spacial score (nSPS) is 11.5. The monoisotopic (exact) mass is 483 g/mol. The predicted octanol–water partition coefficient (Wildman–Crippen LogP) is 2.96. The Morgan fingerprint density at radius 2 is 1.97 bits per heavy atom. The van der Waals surface area contributed by atoms with Crippen LogP contribution in [0.15, 0.2) is 60.8 Å². The molecular weight excluding hydrogens is 458 g/mol. The minimum Gasteiger partial charge on any atom is -0.497 e. The molecule has 0 bridgehead atoms. The smallest absolute Gasteiger partial charge is 0.270 e. The van der Waals surface area contributed by atoms with Gasteiger partial charge in [-0.15, -0.1) is 0 Å². The maximum Gasteiger partial charge on any atom is 0.270 e. The Bertz CT molecular complexity index is 1150. The number of carbonyl (C=O) groups excluding carboxylic acids is 2. The van der Waals surface area contributed by atoms with Crippen LogP contribution in [0, 0.1) is 10.1 Å². The third kappa shape index (κ3) is 6.58. The molecule has 34 heavy (non-hydrogen) atoms.